The van der Waals surface area contributed by atoms with E-state index >= 15 is 0 Å². The van der Waals surface area contributed by atoms with Crippen LogP contribution in [-0.4, -0.2) is 16.8 Å². The number of Topliss-reactive ketones (excluding diaryl/α,β-unsaturated/α-hetero) is 1. The number of benzene rings is 3. The first kappa shape index (κ1) is 20.5. The summed E-state index contributed by atoms with van der Waals surface area (Å²) in [6, 6.07) is 22.0. The fraction of sp³-hybridized carbons (Fsp3) is 0.0400. The topological polar surface area (TPSA) is 70.8 Å². The molecule has 3 aromatic carbocycles. The molecule has 7 heteroatoms. The molecule has 0 bridgehead atoms. The van der Waals surface area contributed by atoms with Crippen LogP contribution in [-0.2, 0) is 4.79 Å². The predicted octanol–water partition coefficient (Wildman–Crippen LogP) is 6.63. The first-order chi connectivity index (χ1) is 15.4. The van der Waals surface area contributed by atoms with Crippen LogP contribution in [0.1, 0.15) is 22.2 Å². The largest absolute Gasteiger partial charge is 0.503 e. The van der Waals surface area contributed by atoms with Gasteiger partial charge in [0.1, 0.15) is 5.58 Å². The average Bonchev–Trinajstić information content (AvgIpc) is 3.32. The van der Waals surface area contributed by atoms with E-state index < -0.39 is 23.5 Å². The van der Waals surface area contributed by atoms with Crippen LogP contribution in [0.2, 0.25) is 5.02 Å². The second-order valence-electron chi connectivity index (χ2n) is 7.35. The van der Waals surface area contributed by atoms with Gasteiger partial charge in [0.2, 0.25) is 5.78 Å². The normalized spacial score (nSPS) is 16.2. The Morgan fingerprint density at radius 1 is 1.00 bits per heavy atom. The SMILES string of the molecule is O=C(C1=C(O)C(=O)N(c2cccc(Cl)c2)C1c1ccccc1)c1cc2cc(Br)ccc2o1. The zero-order valence-electron chi connectivity index (χ0n) is 16.5. The summed E-state index contributed by atoms with van der Waals surface area (Å²) in [5.74, 6) is -1.79. The molecule has 5 rings (SSSR count). The van der Waals surface area contributed by atoms with E-state index in [0.717, 1.165) is 9.86 Å². The molecule has 1 aliphatic rings. The third-order valence-electron chi connectivity index (χ3n) is 5.36. The van der Waals surface area contributed by atoms with Gasteiger partial charge in [0.25, 0.3) is 5.91 Å². The van der Waals surface area contributed by atoms with Crippen molar-refractivity contribution in [3.8, 4) is 0 Å². The summed E-state index contributed by atoms with van der Waals surface area (Å²) in [6.45, 7) is 0. The van der Waals surface area contributed by atoms with Crippen LogP contribution >= 0.6 is 27.5 Å². The molecule has 2 heterocycles. The van der Waals surface area contributed by atoms with Crippen molar-refractivity contribution < 1.29 is 19.1 Å². The van der Waals surface area contributed by atoms with E-state index in [1.807, 2.05) is 30.3 Å². The lowest BCUT2D eigenvalue weighted by atomic mass is 9.95. The number of anilines is 1. The maximum Gasteiger partial charge on any atom is 0.294 e. The van der Waals surface area contributed by atoms with Crippen molar-refractivity contribution in [2.24, 2.45) is 0 Å². The van der Waals surface area contributed by atoms with Crippen molar-refractivity contribution in [2.45, 2.75) is 6.04 Å². The Morgan fingerprint density at radius 3 is 2.53 bits per heavy atom. The summed E-state index contributed by atoms with van der Waals surface area (Å²) < 4.78 is 6.60. The number of furan rings is 1. The van der Waals surface area contributed by atoms with E-state index in [9.17, 15) is 14.7 Å². The first-order valence-electron chi connectivity index (χ1n) is 9.75. The number of fused-ring (bicyclic) bond motifs is 1. The molecule has 1 aliphatic heterocycles. The number of halogens is 2. The van der Waals surface area contributed by atoms with Gasteiger partial charge in [-0.3, -0.25) is 14.5 Å². The predicted molar refractivity (Wildman–Crippen MR) is 126 cm³/mol. The van der Waals surface area contributed by atoms with Gasteiger partial charge in [-0.05, 0) is 48.0 Å². The molecule has 0 fully saturated rings. The van der Waals surface area contributed by atoms with Crippen LogP contribution in [0.25, 0.3) is 11.0 Å². The standard InChI is InChI=1S/C25H15BrClNO4/c26-16-9-10-19-15(11-16)12-20(32-19)23(29)21-22(14-5-2-1-3-6-14)28(25(31)24(21)30)18-8-4-7-17(27)13-18/h1-13,22,30H. The van der Waals surface area contributed by atoms with E-state index in [1.54, 1.807) is 48.5 Å². The van der Waals surface area contributed by atoms with Gasteiger partial charge < -0.3 is 9.52 Å². The molecule has 0 saturated carbocycles. The Bertz CT molecular complexity index is 1410. The highest BCUT2D eigenvalue weighted by atomic mass is 79.9. The number of nitrogens with zero attached hydrogens (tertiary/aromatic N) is 1. The van der Waals surface area contributed by atoms with Gasteiger partial charge in [0, 0.05) is 20.6 Å². The lowest BCUT2D eigenvalue weighted by molar-refractivity contribution is -0.117. The zero-order chi connectivity index (χ0) is 22.4. The van der Waals surface area contributed by atoms with Crippen molar-refractivity contribution in [1.29, 1.82) is 0 Å². The van der Waals surface area contributed by atoms with Crippen molar-refractivity contribution >= 4 is 55.9 Å². The molecular weight excluding hydrogens is 494 g/mol. The van der Waals surface area contributed by atoms with Gasteiger partial charge in [0.05, 0.1) is 11.6 Å². The molecule has 0 spiro atoms. The Balaban J connectivity index is 1.66. The number of aliphatic hydroxyl groups is 1. The number of amides is 1. The Hall–Kier alpha value is -3.35. The molecule has 4 aromatic rings. The number of hydrogen-bond donors (Lipinski definition) is 1. The van der Waals surface area contributed by atoms with E-state index in [4.69, 9.17) is 16.0 Å². The summed E-state index contributed by atoms with van der Waals surface area (Å²) in [5, 5.41) is 12.0. The molecule has 0 saturated heterocycles. The van der Waals surface area contributed by atoms with E-state index in [-0.39, 0.29) is 11.3 Å². The minimum absolute atomic E-state index is 0.0423. The fourth-order valence-corrected chi connectivity index (χ4v) is 4.50. The van der Waals surface area contributed by atoms with E-state index in [0.29, 0.717) is 21.9 Å². The highest BCUT2D eigenvalue weighted by Crippen LogP contribution is 2.42. The minimum Gasteiger partial charge on any atom is -0.503 e. The zero-order valence-corrected chi connectivity index (χ0v) is 18.8. The van der Waals surface area contributed by atoms with Crippen molar-refractivity contribution in [2.75, 3.05) is 4.90 Å². The Labute approximate surface area is 196 Å². The Kier molecular flexibility index (Phi) is 5.12. The molecule has 1 unspecified atom stereocenters. The maximum atomic E-state index is 13.6. The van der Waals surface area contributed by atoms with Crippen molar-refractivity contribution in [3.63, 3.8) is 0 Å². The molecule has 5 nitrogen and oxygen atoms in total. The van der Waals surface area contributed by atoms with Crippen molar-refractivity contribution in [1.82, 2.24) is 0 Å². The summed E-state index contributed by atoms with van der Waals surface area (Å²) in [5.41, 5.74) is 1.63. The summed E-state index contributed by atoms with van der Waals surface area (Å²) in [4.78, 5) is 28.1. The van der Waals surface area contributed by atoms with E-state index in [2.05, 4.69) is 15.9 Å². The van der Waals surface area contributed by atoms with Gasteiger partial charge in [0.15, 0.2) is 11.5 Å². The lowest BCUT2D eigenvalue weighted by Crippen LogP contribution is -2.31. The van der Waals surface area contributed by atoms with Crippen molar-refractivity contribution in [3.05, 3.63) is 111 Å². The summed E-state index contributed by atoms with van der Waals surface area (Å²) in [7, 11) is 0. The number of ketones is 1. The molecule has 158 valence electrons. The second-order valence-corrected chi connectivity index (χ2v) is 8.70. The number of aliphatic hydroxyl groups excluding tert-OH is 1. The van der Waals surface area contributed by atoms with E-state index in [1.165, 1.54) is 4.90 Å². The van der Waals surface area contributed by atoms with Gasteiger partial charge in [-0.25, -0.2) is 0 Å². The van der Waals surface area contributed by atoms with Gasteiger partial charge >= 0.3 is 0 Å². The lowest BCUT2D eigenvalue weighted by Gasteiger charge is -2.26. The molecule has 1 atom stereocenters. The maximum absolute atomic E-state index is 13.6. The fourth-order valence-electron chi connectivity index (χ4n) is 3.94. The molecule has 0 radical (unpaired) electrons. The molecule has 1 aromatic heterocycles. The molecule has 32 heavy (non-hydrogen) atoms. The monoisotopic (exact) mass is 507 g/mol. The molecule has 0 aliphatic carbocycles. The van der Waals surface area contributed by atoms with Crippen LogP contribution < -0.4 is 4.90 Å². The summed E-state index contributed by atoms with van der Waals surface area (Å²) in [6.07, 6.45) is 0. The molecule has 1 amide bonds. The third-order valence-corrected chi connectivity index (χ3v) is 6.08. The summed E-state index contributed by atoms with van der Waals surface area (Å²) >= 11 is 9.56. The highest BCUT2D eigenvalue weighted by Gasteiger charge is 2.45. The van der Waals surface area contributed by atoms with Crippen LogP contribution in [0, 0.1) is 0 Å². The van der Waals surface area contributed by atoms with Gasteiger partial charge in [-0.15, -0.1) is 0 Å². The number of carbonyl (C=O) groups excluding carboxylic acids is 2. The van der Waals surface area contributed by atoms with Gasteiger partial charge in [-0.1, -0.05) is 63.9 Å². The van der Waals surface area contributed by atoms with Gasteiger partial charge in [-0.2, -0.15) is 0 Å². The number of rotatable bonds is 4. The first-order valence-corrected chi connectivity index (χ1v) is 10.9. The average molecular weight is 509 g/mol. The third kappa shape index (κ3) is 3.42. The Morgan fingerprint density at radius 2 is 1.78 bits per heavy atom. The number of hydrogen-bond acceptors (Lipinski definition) is 4. The highest BCUT2D eigenvalue weighted by molar-refractivity contribution is 9.10. The number of carbonyl (C=O) groups is 2. The quantitative estimate of drug-likeness (QED) is 0.314. The second kappa shape index (κ2) is 7.97. The molecular formula is C25H15BrClNO4. The minimum atomic E-state index is -0.838. The molecule has 1 N–H and O–H groups in total. The smallest absolute Gasteiger partial charge is 0.294 e. The van der Waals surface area contributed by atoms with Crippen LogP contribution in [0.4, 0.5) is 5.69 Å². The van der Waals surface area contributed by atoms with Crippen LogP contribution in [0.15, 0.2) is 99.1 Å². The van der Waals surface area contributed by atoms with Crippen LogP contribution in [0.5, 0.6) is 0 Å². The van der Waals surface area contributed by atoms with Crippen LogP contribution in [0.3, 0.4) is 0 Å².